The standard InChI is InChI=1S/C17H23NO2/c19-17(20)15-7-9-18(10-8-15)12-13-5-6-14-3-1-2-4-16(14)11-13/h5-6,11,15H,1-4,7-10,12H2,(H,19,20). The van der Waals surface area contributed by atoms with Gasteiger partial charge in [0.25, 0.3) is 0 Å². The van der Waals surface area contributed by atoms with Gasteiger partial charge in [-0.15, -0.1) is 0 Å². The Balaban J connectivity index is 1.60. The second kappa shape index (κ2) is 5.96. The Hall–Kier alpha value is -1.35. The van der Waals surface area contributed by atoms with Crippen LogP contribution in [0.2, 0.25) is 0 Å². The maximum atomic E-state index is 11.0. The Kier molecular flexibility index (Phi) is 4.06. The fourth-order valence-corrected chi connectivity index (χ4v) is 3.48. The number of aryl methyl sites for hydroxylation is 2. The average molecular weight is 273 g/mol. The summed E-state index contributed by atoms with van der Waals surface area (Å²) in [5, 5.41) is 9.03. The normalized spacial score (nSPS) is 20.6. The molecule has 1 aromatic rings. The molecule has 3 nitrogen and oxygen atoms in total. The molecule has 0 amide bonds. The first-order chi connectivity index (χ1) is 9.72. The lowest BCUT2D eigenvalue weighted by Crippen LogP contribution is -2.35. The van der Waals surface area contributed by atoms with Crippen molar-refractivity contribution in [2.75, 3.05) is 13.1 Å². The SMILES string of the molecule is O=C(O)C1CCN(Cc2ccc3c(c2)CCCC3)CC1. The van der Waals surface area contributed by atoms with E-state index >= 15 is 0 Å². The van der Waals surface area contributed by atoms with Crippen LogP contribution in [0.4, 0.5) is 0 Å². The number of carbonyl (C=O) groups is 1. The van der Waals surface area contributed by atoms with Crippen LogP contribution in [0.5, 0.6) is 0 Å². The Morgan fingerprint density at radius 1 is 1.15 bits per heavy atom. The second-order valence-electron chi connectivity index (χ2n) is 6.20. The molecule has 0 spiro atoms. The van der Waals surface area contributed by atoms with E-state index in [-0.39, 0.29) is 5.92 Å². The highest BCUT2D eigenvalue weighted by atomic mass is 16.4. The third kappa shape index (κ3) is 3.04. The molecule has 20 heavy (non-hydrogen) atoms. The number of fused-ring (bicyclic) bond motifs is 1. The van der Waals surface area contributed by atoms with Gasteiger partial charge in [0.1, 0.15) is 0 Å². The van der Waals surface area contributed by atoms with Crippen molar-refractivity contribution in [2.45, 2.75) is 45.1 Å². The number of aliphatic carboxylic acids is 1. The van der Waals surface area contributed by atoms with E-state index in [0.29, 0.717) is 0 Å². The van der Waals surface area contributed by atoms with Gasteiger partial charge < -0.3 is 5.11 Å². The van der Waals surface area contributed by atoms with Crippen LogP contribution in [0.1, 0.15) is 42.4 Å². The predicted molar refractivity (Wildman–Crippen MR) is 78.7 cm³/mol. The molecule has 2 aliphatic rings. The minimum absolute atomic E-state index is 0.130. The highest BCUT2D eigenvalue weighted by Crippen LogP contribution is 2.24. The Bertz CT molecular complexity index is 490. The first-order valence-corrected chi connectivity index (χ1v) is 7.78. The van der Waals surface area contributed by atoms with Gasteiger partial charge in [0, 0.05) is 6.54 Å². The maximum Gasteiger partial charge on any atom is 0.306 e. The van der Waals surface area contributed by atoms with Gasteiger partial charge in [-0.25, -0.2) is 0 Å². The topological polar surface area (TPSA) is 40.5 Å². The summed E-state index contributed by atoms with van der Waals surface area (Å²) in [5.41, 5.74) is 4.46. The zero-order valence-corrected chi connectivity index (χ0v) is 12.0. The van der Waals surface area contributed by atoms with Gasteiger partial charge >= 0.3 is 5.97 Å². The van der Waals surface area contributed by atoms with Crippen LogP contribution < -0.4 is 0 Å². The summed E-state index contributed by atoms with van der Waals surface area (Å²) in [7, 11) is 0. The van der Waals surface area contributed by atoms with E-state index in [2.05, 4.69) is 23.1 Å². The molecule has 3 rings (SSSR count). The molecule has 1 aliphatic heterocycles. The van der Waals surface area contributed by atoms with Crippen LogP contribution in [0.3, 0.4) is 0 Å². The number of carboxylic acid groups (broad SMARTS) is 1. The number of rotatable bonds is 3. The quantitative estimate of drug-likeness (QED) is 0.920. The average Bonchev–Trinajstić information content (AvgIpc) is 2.48. The van der Waals surface area contributed by atoms with Gasteiger partial charge in [-0.05, 0) is 68.3 Å². The molecule has 0 saturated carbocycles. The summed E-state index contributed by atoms with van der Waals surface area (Å²) in [6.45, 7) is 2.79. The van der Waals surface area contributed by atoms with Gasteiger partial charge in [0.15, 0.2) is 0 Å². The van der Waals surface area contributed by atoms with Gasteiger partial charge in [0.05, 0.1) is 5.92 Å². The molecule has 0 bridgehead atoms. The molecule has 1 heterocycles. The molecule has 0 radical (unpaired) electrons. The van der Waals surface area contributed by atoms with E-state index in [1.54, 1.807) is 0 Å². The van der Waals surface area contributed by atoms with Crippen LogP contribution in [0, 0.1) is 5.92 Å². The van der Waals surface area contributed by atoms with Crippen molar-refractivity contribution in [1.29, 1.82) is 0 Å². The molecule has 1 N–H and O–H groups in total. The number of carboxylic acids is 1. The summed E-state index contributed by atoms with van der Waals surface area (Å²) < 4.78 is 0. The van der Waals surface area contributed by atoms with Crippen LogP contribution >= 0.6 is 0 Å². The molecule has 0 unspecified atom stereocenters. The number of benzene rings is 1. The minimum atomic E-state index is -0.626. The first-order valence-electron chi connectivity index (χ1n) is 7.78. The van der Waals surface area contributed by atoms with Crippen molar-refractivity contribution in [3.8, 4) is 0 Å². The lowest BCUT2D eigenvalue weighted by molar-refractivity contribution is -0.143. The van der Waals surface area contributed by atoms with E-state index in [4.69, 9.17) is 5.11 Å². The van der Waals surface area contributed by atoms with Crippen molar-refractivity contribution in [3.05, 3.63) is 34.9 Å². The monoisotopic (exact) mass is 273 g/mol. The smallest absolute Gasteiger partial charge is 0.306 e. The molecule has 1 fully saturated rings. The van der Waals surface area contributed by atoms with Crippen molar-refractivity contribution in [2.24, 2.45) is 5.92 Å². The molecule has 0 atom stereocenters. The zero-order valence-electron chi connectivity index (χ0n) is 12.0. The van der Waals surface area contributed by atoms with Crippen LogP contribution in [-0.4, -0.2) is 29.1 Å². The third-order valence-electron chi connectivity index (χ3n) is 4.76. The fourth-order valence-electron chi connectivity index (χ4n) is 3.48. The van der Waals surface area contributed by atoms with Crippen LogP contribution in [0.15, 0.2) is 18.2 Å². The van der Waals surface area contributed by atoms with Crippen molar-refractivity contribution in [1.82, 2.24) is 4.90 Å². The largest absolute Gasteiger partial charge is 0.481 e. The first kappa shape index (κ1) is 13.6. The molecule has 1 aromatic carbocycles. The zero-order chi connectivity index (χ0) is 13.9. The number of piperidine rings is 1. The number of hydrogen-bond donors (Lipinski definition) is 1. The lowest BCUT2D eigenvalue weighted by Gasteiger charge is -2.30. The minimum Gasteiger partial charge on any atom is -0.481 e. The van der Waals surface area contributed by atoms with Crippen LogP contribution in [-0.2, 0) is 24.2 Å². The highest BCUT2D eigenvalue weighted by Gasteiger charge is 2.24. The van der Waals surface area contributed by atoms with E-state index in [0.717, 1.165) is 32.5 Å². The maximum absolute atomic E-state index is 11.0. The van der Waals surface area contributed by atoms with Crippen molar-refractivity contribution < 1.29 is 9.90 Å². The van der Waals surface area contributed by atoms with E-state index in [9.17, 15) is 4.79 Å². The predicted octanol–water partition coefficient (Wildman–Crippen LogP) is 2.86. The van der Waals surface area contributed by atoms with Crippen molar-refractivity contribution in [3.63, 3.8) is 0 Å². The van der Waals surface area contributed by atoms with Gasteiger partial charge in [-0.3, -0.25) is 9.69 Å². The van der Waals surface area contributed by atoms with Gasteiger partial charge in [-0.1, -0.05) is 18.2 Å². The van der Waals surface area contributed by atoms with Crippen LogP contribution in [0.25, 0.3) is 0 Å². The number of hydrogen-bond acceptors (Lipinski definition) is 2. The van der Waals surface area contributed by atoms with Gasteiger partial charge in [0.2, 0.25) is 0 Å². The molecule has 1 saturated heterocycles. The molecule has 0 aromatic heterocycles. The fraction of sp³-hybridized carbons (Fsp3) is 0.588. The number of nitrogens with zero attached hydrogens (tertiary/aromatic N) is 1. The van der Waals surface area contributed by atoms with E-state index < -0.39 is 5.97 Å². The highest BCUT2D eigenvalue weighted by molar-refractivity contribution is 5.70. The lowest BCUT2D eigenvalue weighted by atomic mass is 9.90. The summed E-state index contributed by atoms with van der Waals surface area (Å²) in [6, 6.07) is 6.93. The van der Waals surface area contributed by atoms with E-state index in [1.165, 1.54) is 42.4 Å². The second-order valence-corrected chi connectivity index (χ2v) is 6.20. The summed E-state index contributed by atoms with van der Waals surface area (Å²) in [6.07, 6.45) is 6.69. The Labute approximate surface area is 120 Å². The summed E-state index contributed by atoms with van der Waals surface area (Å²) >= 11 is 0. The summed E-state index contributed by atoms with van der Waals surface area (Å²) in [4.78, 5) is 13.4. The third-order valence-corrected chi connectivity index (χ3v) is 4.76. The molecule has 1 aliphatic carbocycles. The van der Waals surface area contributed by atoms with Crippen molar-refractivity contribution >= 4 is 5.97 Å². The van der Waals surface area contributed by atoms with Gasteiger partial charge in [-0.2, -0.15) is 0 Å². The molecule has 3 heteroatoms. The van der Waals surface area contributed by atoms with E-state index in [1.807, 2.05) is 0 Å². The number of likely N-dealkylation sites (tertiary alicyclic amines) is 1. The Morgan fingerprint density at radius 2 is 1.85 bits per heavy atom. The summed E-state index contributed by atoms with van der Waals surface area (Å²) in [5.74, 6) is -0.756. The Morgan fingerprint density at radius 3 is 2.55 bits per heavy atom. The molecular weight excluding hydrogens is 250 g/mol. The molecular formula is C17H23NO2. The molecule has 108 valence electrons.